The van der Waals surface area contributed by atoms with Crippen molar-refractivity contribution >= 4 is 35.6 Å². The Morgan fingerprint density at radius 3 is 2.62 bits per heavy atom. The van der Waals surface area contributed by atoms with Gasteiger partial charge in [0.1, 0.15) is 5.65 Å². The lowest BCUT2D eigenvalue weighted by atomic mass is 10.2. The van der Waals surface area contributed by atoms with Gasteiger partial charge in [-0.05, 0) is 39.0 Å². The Morgan fingerprint density at radius 1 is 1.16 bits per heavy atom. The third-order valence-electron chi connectivity index (χ3n) is 4.50. The number of aryl methyl sites for hydroxylation is 1. The summed E-state index contributed by atoms with van der Waals surface area (Å²) < 4.78 is 38.0. The lowest BCUT2D eigenvalue weighted by Gasteiger charge is -2.15. The molecule has 0 fully saturated rings. The van der Waals surface area contributed by atoms with Crippen LogP contribution in [0.5, 0.6) is 11.5 Å². The number of guanidine groups is 1. The van der Waals surface area contributed by atoms with Crippen molar-refractivity contribution in [2.45, 2.75) is 40.5 Å². The molecule has 2 aromatic heterocycles. The molecule has 0 amide bonds. The number of hydrogen-bond acceptors (Lipinski definition) is 4. The van der Waals surface area contributed by atoms with Crippen LogP contribution in [0.1, 0.15) is 30.8 Å². The van der Waals surface area contributed by atoms with Crippen molar-refractivity contribution in [2.75, 3.05) is 13.2 Å². The van der Waals surface area contributed by atoms with Crippen LogP contribution in [0, 0.1) is 6.92 Å². The van der Waals surface area contributed by atoms with Crippen molar-refractivity contribution in [3.63, 3.8) is 0 Å². The smallest absolute Gasteiger partial charge is 0.387 e. The minimum absolute atomic E-state index is 0. The fraction of sp³-hybridized carbons (Fsp3) is 0.364. The van der Waals surface area contributed by atoms with Gasteiger partial charge in [-0.3, -0.25) is 0 Å². The number of nitrogens with zero attached hydrogens (tertiary/aromatic N) is 3. The number of aliphatic imine (C=N–C) groups is 1. The van der Waals surface area contributed by atoms with Gasteiger partial charge >= 0.3 is 6.61 Å². The lowest BCUT2D eigenvalue weighted by Crippen LogP contribution is -2.36. The number of nitrogens with one attached hydrogen (secondary N) is 2. The Hall–Kier alpha value is -2.63. The van der Waals surface area contributed by atoms with Crippen LogP contribution in [0.3, 0.4) is 0 Å². The largest absolute Gasteiger partial charge is 0.490 e. The zero-order chi connectivity index (χ0) is 22.2. The number of halogens is 3. The van der Waals surface area contributed by atoms with Crippen LogP contribution in [0.25, 0.3) is 5.65 Å². The van der Waals surface area contributed by atoms with Crippen molar-refractivity contribution in [2.24, 2.45) is 4.99 Å². The summed E-state index contributed by atoms with van der Waals surface area (Å²) in [5, 5.41) is 6.38. The molecule has 32 heavy (non-hydrogen) atoms. The lowest BCUT2D eigenvalue weighted by molar-refractivity contribution is -0.0520. The number of ether oxygens (including phenoxy) is 2. The highest BCUT2D eigenvalue weighted by atomic mass is 127. The van der Waals surface area contributed by atoms with Gasteiger partial charge in [-0.15, -0.1) is 24.0 Å². The summed E-state index contributed by atoms with van der Waals surface area (Å²) in [7, 11) is 0. The molecule has 3 aromatic rings. The number of alkyl halides is 2. The zero-order valence-corrected chi connectivity index (χ0v) is 20.6. The number of imidazole rings is 1. The Kier molecular flexibility index (Phi) is 9.95. The van der Waals surface area contributed by atoms with Crippen LogP contribution in [0.15, 0.2) is 47.6 Å². The maximum Gasteiger partial charge on any atom is 0.387 e. The molecule has 2 N–H and O–H groups in total. The van der Waals surface area contributed by atoms with Crippen LogP contribution in [0.2, 0.25) is 0 Å². The number of fused-ring (bicyclic) bond motifs is 1. The average Bonchev–Trinajstić information content (AvgIpc) is 3.16. The van der Waals surface area contributed by atoms with Crippen LogP contribution in [0.4, 0.5) is 8.78 Å². The predicted octanol–water partition coefficient (Wildman–Crippen LogP) is 4.52. The van der Waals surface area contributed by atoms with Crippen molar-refractivity contribution in [3.8, 4) is 11.5 Å². The molecule has 3 rings (SSSR count). The maximum atomic E-state index is 12.9. The molecule has 1 aromatic carbocycles. The van der Waals surface area contributed by atoms with Crippen LogP contribution in [-0.2, 0) is 13.1 Å². The van der Waals surface area contributed by atoms with E-state index in [0.29, 0.717) is 31.2 Å². The second-order valence-electron chi connectivity index (χ2n) is 6.73. The summed E-state index contributed by atoms with van der Waals surface area (Å²) in [6, 6.07) is 11.0. The van der Waals surface area contributed by atoms with E-state index in [4.69, 9.17) is 9.47 Å². The number of rotatable bonds is 9. The van der Waals surface area contributed by atoms with E-state index in [0.717, 1.165) is 17.0 Å². The van der Waals surface area contributed by atoms with E-state index in [2.05, 4.69) is 20.6 Å². The van der Waals surface area contributed by atoms with E-state index in [9.17, 15) is 8.78 Å². The summed E-state index contributed by atoms with van der Waals surface area (Å²) in [6.45, 7) is 4.40. The van der Waals surface area contributed by atoms with Crippen LogP contribution in [-0.4, -0.2) is 35.1 Å². The molecule has 0 radical (unpaired) electrons. The molecule has 0 aliphatic carbocycles. The maximum absolute atomic E-state index is 12.9. The normalized spacial score (nSPS) is 11.4. The van der Waals surface area contributed by atoms with E-state index in [-0.39, 0.29) is 42.0 Å². The number of hydrogen-bond donors (Lipinski definition) is 2. The molecule has 0 bridgehead atoms. The van der Waals surface area contributed by atoms with E-state index < -0.39 is 6.61 Å². The second-order valence-corrected chi connectivity index (χ2v) is 6.73. The highest BCUT2D eigenvalue weighted by Gasteiger charge is 2.15. The fourth-order valence-corrected chi connectivity index (χ4v) is 3.14. The molecular weight excluding hydrogens is 531 g/mol. The fourth-order valence-electron chi connectivity index (χ4n) is 3.14. The Balaban J connectivity index is 0.00000363. The minimum Gasteiger partial charge on any atom is -0.490 e. The summed E-state index contributed by atoms with van der Waals surface area (Å²) in [6.07, 6.45) is 1.97. The van der Waals surface area contributed by atoms with Crippen molar-refractivity contribution in [3.05, 3.63) is 59.5 Å². The molecule has 10 heteroatoms. The van der Waals surface area contributed by atoms with Gasteiger partial charge in [-0.1, -0.05) is 18.2 Å². The highest BCUT2D eigenvalue weighted by Crippen LogP contribution is 2.33. The molecule has 0 saturated heterocycles. The first-order chi connectivity index (χ1) is 15.0. The van der Waals surface area contributed by atoms with Gasteiger partial charge in [0, 0.05) is 24.0 Å². The molecule has 0 atom stereocenters. The minimum atomic E-state index is -2.95. The van der Waals surface area contributed by atoms with E-state index in [1.165, 1.54) is 0 Å². The molecule has 0 spiro atoms. The van der Waals surface area contributed by atoms with Crippen LogP contribution >= 0.6 is 24.0 Å². The Bertz CT molecular complexity index is 1040. The first-order valence-corrected chi connectivity index (χ1v) is 10.2. The zero-order valence-electron chi connectivity index (χ0n) is 18.3. The monoisotopic (exact) mass is 559 g/mol. The molecular formula is C22H28F2IN5O2. The van der Waals surface area contributed by atoms with E-state index in [1.54, 1.807) is 25.1 Å². The number of benzene rings is 1. The quantitative estimate of drug-likeness (QED) is 0.229. The number of para-hydroxylation sites is 1. The Morgan fingerprint density at radius 2 is 1.94 bits per heavy atom. The average molecular weight is 559 g/mol. The van der Waals surface area contributed by atoms with Crippen molar-refractivity contribution < 1.29 is 18.3 Å². The van der Waals surface area contributed by atoms with Crippen molar-refractivity contribution in [1.29, 1.82) is 0 Å². The molecule has 2 heterocycles. The first-order valence-electron chi connectivity index (χ1n) is 10.2. The molecule has 0 aliphatic heterocycles. The SMILES string of the molecule is CCNC(=NCc1cccc(OCC)c1OC(F)F)NCc1cn2c(C)cccc2n1.I. The van der Waals surface area contributed by atoms with Crippen molar-refractivity contribution in [1.82, 2.24) is 20.0 Å². The van der Waals surface area contributed by atoms with Gasteiger partial charge < -0.3 is 24.5 Å². The summed E-state index contributed by atoms with van der Waals surface area (Å²) >= 11 is 0. The molecule has 0 saturated carbocycles. The third kappa shape index (κ3) is 6.68. The molecule has 174 valence electrons. The van der Waals surface area contributed by atoms with Gasteiger partial charge in [-0.2, -0.15) is 8.78 Å². The molecule has 0 aliphatic rings. The third-order valence-corrected chi connectivity index (χ3v) is 4.50. The Labute approximate surface area is 203 Å². The van der Waals surface area contributed by atoms with Gasteiger partial charge in [0.05, 0.1) is 25.4 Å². The van der Waals surface area contributed by atoms with Gasteiger partial charge in [-0.25, -0.2) is 9.98 Å². The van der Waals surface area contributed by atoms with Gasteiger partial charge in [0.25, 0.3) is 0 Å². The van der Waals surface area contributed by atoms with Crippen LogP contribution < -0.4 is 20.1 Å². The molecule has 0 unspecified atom stereocenters. The summed E-state index contributed by atoms with van der Waals surface area (Å²) in [4.78, 5) is 9.12. The second kappa shape index (κ2) is 12.4. The summed E-state index contributed by atoms with van der Waals surface area (Å²) in [5.41, 5.74) is 3.34. The van der Waals surface area contributed by atoms with Gasteiger partial charge in [0.15, 0.2) is 17.5 Å². The highest BCUT2D eigenvalue weighted by molar-refractivity contribution is 14.0. The summed E-state index contributed by atoms with van der Waals surface area (Å²) in [5.74, 6) is 0.824. The number of pyridine rings is 1. The van der Waals surface area contributed by atoms with E-state index >= 15 is 0 Å². The first kappa shape index (κ1) is 25.6. The standard InChI is InChI=1S/C22H27F2N5O2.HI/c1-4-25-22(27-13-17-14-29-15(3)8-6-11-19(29)28-17)26-12-16-9-7-10-18(30-5-2)20(16)31-21(23)24;/h6-11,14,21H,4-5,12-13H2,1-3H3,(H2,25,26,27);1H. The topological polar surface area (TPSA) is 72.2 Å². The van der Waals surface area contributed by atoms with Gasteiger partial charge in [0.2, 0.25) is 0 Å². The predicted molar refractivity (Wildman–Crippen MR) is 131 cm³/mol. The molecule has 7 nitrogen and oxygen atoms in total. The number of aromatic nitrogens is 2. The van der Waals surface area contributed by atoms with E-state index in [1.807, 2.05) is 42.6 Å².